The Balaban J connectivity index is 1.80. The van der Waals surface area contributed by atoms with E-state index in [9.17, 15) is 4.79 Å². The van der Waals surface area contributed by atoms with Gasteiger partial charge in [0.05, 0.1) is 12.0 Å². The van der Waals surface area contributed by atoms with Crippen molar-refractivity contribution in [3.8, 4) is 11.4 Å². The maximum atomic E-state index is 10.5. The van der Waals surface area contributed by atoms with E-state index in [-0.39, 0.29) is 12.0 Å². The minimum absolute atomic E-state index is 0.0237. The smallest absolute Gasteiger partial charge is 0.232 e. The maximum absolute atomic E-state index is 10.5. The number of carbonyl (C=O) groups is 1. The number of halogens is 1. The lowest BCUT2D eigenvalue weighted by Crippen LogP contribution is -2.32. The summed E-state index contributed by atoms with van der Waals surface area (Å²) in [6.07, 6.45) is 1.34. The molecule has 0 saturated heterocycles. The summed E-state index contributed by atoms with van der Waals surface area (Å²) in [6, 6.07) is 7.17. The molecule has 98 valence electrons. The molecule has 3 rings (SSSR count). The van der Waals surface area contributed by atoms with Gasteiger partial charge in [-0.05, 0) is 18.6 Å². The zero-order valence-corrected chi connectivity index (χ0v) is 10.6. The lowest BCUT2D eigenvalue weighted by atomic mass is 10.2. The Hall–Kier alpha value is -1.92. The third-order valence-electron chi connectivity index (χ3n) is 3.10. The Morgan fingerprint density at radius 1 is 1.53 bits per heavy atom. The number of hydrazine groups is 1. The fourth-order valence-electron chi connectivity index (χ4n) is 1.99. The second kappa shape index (κ2) is 4.64. The third-order valence-corrected chi connectivity index (χ3v) is 3.34. The van der Waals surface area contributed by atoms with Crippen molar-refractivity contribution in [2.75, 3.05) is 0 Å². The number of rotatable bonds is 4. The molecule has 1 fully saturated rings. The molecule has 2 aromatic rings. The Bertz CT molecular complexity index is 615. The van der Waals surface area contributed by atoms with Crippen molar-refractivity contribution in [2.45, 2.75) is 18.4 Å². The first-order chi connectivity index (χ1) is 9.19. The quantitative estimate of drug-likeness (QED) is 0.397. The molecule has 7 heteroatoms. The van der Waals surface area contributed by atoms with Gasteiger partial charge in [0, 0.05) is 10.6 Å². The summed E-state index contributed by atoms with van der Waals surface area (Å²) in [7, 11) is 0. The molecular formula is C12H11ClN4O2. The summed E-state index contributed by atoms with van der Waals surface area (Å²) in [5.41, 5.74) is 0.791. The zero-order chi connectivity index (χ0) is 13.4. The minimum atomic E-state index is -0.0508. The van der Waals surface area contributed by atoms with Crippen molar-refractivity contribution in [3.05, 3.63) is 35.2 Å². The minimum Gasteiger partial charge on any atom is -0.339 e. The highest BCUT2D eigenvalue weighted by atomic mass is 35.5. The highest BCUT2D eigenvalue weighted by molar-refractivity contribution is 6.30. The Kier molecular flexibility index (Phi) is 2.96. The Labute approximate surface area is 114 Å². The monoisotopic (exact) mass is 278 g/mol. The number of amides is 1. The fraction of sp³-hybridized carbons (Fsp3) is 0.250. The predicted molar refractivity (Wildman–Crippen MR) is 68.0 cm³/mol. The molecule has 2 N–H and O–H groups in total. The van der Waals surface area contributed by atoms with Crippen LogP contribution in [-0.4, -0.2) is 27.6 Å². The molecule has 0 radical (unpaired) electrons. The average Bonchev–Trinajstić information content (AvgIpc) is 3.07. The van der Waals surface area contributed by atoms with Crippen molar-refractivity contribution < 1.29 is 9.32 Å². The largest absolute Gasteiger partial charge is 0.339 e. The number of benzene rings is 1. The van der Waals surface area contributed by atoms with Crippen LogP contribution in [0.15, 0.2) is 28.8 Å². The third kappa shape index (κ3) is 2.32. The van der Waals surface area contributed by atoms with Crippen LogP contribution in [0.3, 0.4) is 0 Å². The van der Waals surface area contributed by atoms with Gasteiger partial charge in [0.15, 0.2) is 0 Å². The summed E-state index contributed by atoms with van der Waals surface area (Å²) in [4.78, 5) is 14.9. The van der Waals surface area contributed by atoms with Crippen LogP contribution in [0, 0.1) is 0 Å². The Morgan fingerprint density at radius 2 is 2.37 bits per heavy atom. The topological polar surface area (TPSA) is 85.2 Å². The van der Waals surface area contributed by atoms with Gasteiger partial charge in [0.25, 0.3) is 0 Å². The number of hydrogen-bond donors (Lipinski definition) is 1. The Morgan fingerprint density at radius 3 is 3.11 bits per heavy atom. The number of carbonyl (C=O) groups excluding carboxylic acids is 1. The van der Waals surface area contributed by atoms with Crippen LogP contribution >= 0.6 is 11.6 Å². The van der Waals surface area contributed by atoms with Crippen LogP contribution in [0.1, 0.15) is 18.2 Å². The van der Waals surface area contributed by atoms with E-state index in [1.54, 1.807) is 12.1 Å². The van der Waals surface area contributed by atoms with Crippen molar-refractivity contribution >= 4 is 18.0 Å². The van der Waals surface area contributed by atoms with Crippen molar-refractivity contribution in [1.82, 2.24) is 15.1 Å². The second-order valence-corrected chi connectivity index (χ2v) is 4.87. The molecule has 1 aromatic heterocycles. The first kappa shape index (κ1) is 12.1. The summed E-state index contributed by atoms with van der Waals surface area (Å²) in [5.74, 6) is 6.51. The molecule has 1 amide bonds. The molecule has 1 heterocycles. The molecule has 6 nitrogen and oxygen atoms in total. The lowest BCUT2D eigenvalue weighted by Gasteiger charge is -2.06. The van der Waals surface area contributed by atoms with Gasteiger partial charge < -0.3 is 4.52 Å². The molecule has 0 bridgehead atoms. The van der Waals surface area contributed by atoms with Crippen molar-refractivity contribution in [1.29, 1.82) is 0 Å². The molecule has 1 aromatic carbocycles. The molecule has 2 unspecified atom stereocenters. The van der Waals surface area contributed by atoms with E-state index in [0.29, 0.717) is 23.1 Å². The molecule has 1 aliphatic rings. The summed E-state index contributed by atoms with van der Waals surface area (Å²) in [6.45, 7) is 0. The highest BCUT2D eigenvalue weighted by Gasteiger charge is 2.46. The number of aromatic nitrogens is 2. The first-order valence-corrected chi connectivity index (χ1v) is 6.14. The first-order valence-electron chi connectivity index (χ1n) is 5.77. The van der Waals surface area contributed by atoms with E-state index in [0.717, 1.165) is 17.0 Å². The van der Waals surface area contributed by atoms with E-state index < -0.39 is 0 Å². The van der Waals surface area contributed by atoms with Gasteiger partial charge in [-0.3, -0.25) is 9.80 Å². The van der Waals surface area contributed by atoms with Crippen LogP contribution in [-0.2, 0) is 4.79 Å². The standard InChI is InChI=1S/C12H11ClN4O2/c13-8-3-1-2-7(4-8)11-15-12(19-16-11)9-5-10(9)17(14)6-18/h1-4,6,9-10H,5,14H2. The van der Waals surface area contributed by atoms with Gasteiger partial charge in [-0.2, -0.15) is 4.98 Å². The van der Waals surface area contributed by atoms with Crippen molar-refractivity contribution in [2.24, 2.45) is 5.84 Å². The van der Waals surface area contributed by atoms with Crippen LogP contribution in [0.5, 0.6) is 0 Å². The molecule has 1 saturated carbocycles. The van der Waals surface area contributed by atoms with E-state index in [1.165, 1.54) is 0 Å². The van der Waals surface area contributed by atoms with Gasteiger partial charge in [-0.15, -0.1) is 0 Å². The van der Waals surface area contributed by atoms with Crippen LogP contribution in [0.4, 0.5) is 0 Å². The van der Waals surface area contributed by atoms with Gasteiger partial charge in [-0.1, -0.05) is 28.9 Å². The summed E-state index contributed by atoms with van der Waals surface area (Å²) >= 11 is 5.91. The van der Waals surface area contributed by atoms with Crippen LogP contribution in [0.25, 0.3) is 11.4 Å². The maximum Gasteiger partial charge on any atom is 0.232 e. The summed E-state index contributed by atoms with van der Waals surface area (Å²) < 4.78 is 5.21. The molecule has 0 aliphatic heterocycles. The van der Waals surface area contributed by atoms with Crippen LogP contribution in [0.2, 0.25) is 5.02 Å². The normalized spacial score (nSPS) is 21.2. The van der Waals surface area contributed by atoms with Gasteiger partial charge in [-0.25, -0.2) is 5.84 Å². The molecule has 19 heavy (non-hydrogen) atoms. The number of nitrogens with zero attached hydrogens (tertiary/aromatic N) is 3. The van der Waals surface area contributed by atoms with Gasteiger partial charge in [0.2, 0.25) is 18.1 Å². The van der Waals surface area contributed by atoms with Gasteiger partial charge >= 0.3 is 0 Å². The average molecular weight is 279 g/mol. The molecular weight excluding hydrogens is 268 g/mol. The molecule has 1 aliphatic carbocycles. The lowest BCUT2D eigenvalue weighted by molar-refractivity contribution is -0.118. The highest BCUT2D eigenvalue weighted by Crippen LogP contribution is 2.42. The van der Waals surface area contributed by atoms with Gasteiger partial charge in [0.1, 0.15) is 0 Å². The zero-order valence-electron chi connectivity index (χ0n) is 9.86. The van der Waals surface area contributed by atoms with E-state index in [2.05, 4.69) is 10.1 Å². The van der Waals surface area contributed by atoms with E-state index in [4.69, 9.17) is 22.0 Å². The molecule has 2 atom stereocenters. The molecule has 0 spiro atoms. The summed E-state index contributed by atoms with van der Waals surface area (Å²) in [5, 5.41) is 5.66. The van der Waals surface area contributed by atoms with E-state index in [1.807, 2.05) is 12.1 Å². The number of nitrogens with two attached hydrogens (primary N) is 1. The van der Waals surface area contributed by atoms with Crippen molar-refractivity contribution in [3.63, 3.8) is 0 Å². The predicted octanol–water partition coefficient (Wildman–Crippen LogP) is 1.58. The second-order valence-electron chi connectivity index (χ2n) is 4.43. The fourth-order valence-corrected chi connectivity index (χ4v) is 2.18. The number of hydrogen-bond acceptors (Lipinski definition) is 5. The van der Waals surface area contributed by atoms with E-state index >= 15 is 0 Å². The SMILES string of the molecule is NN(C=O)C1CC1c1nc(-c2cccc(Cl)c2)no1. The van der Waals surface area contributed by atoms with Crippen LogP contribution < -0.4 is 5.84 Å².